The molecule has 1 aromatic carbocycles. The Kier molecular flexibility index (Phi) is 5.66. The number of carbonyl (C=O) groups is 2. The van der Waals surface area contributed by atoms with Gasteiger partial charge < -0.3 is 21.3 Å². The van der Waals surface area contributed by atoms with Crippen LogP contribution < -0.4 is 11.1 Å². The maximum atomic E-state index is 12.1. The van der Waals surface area contributed by atoms with Gasteiger partial charge in [0.15, 0.2) is 0 Å². The highest BCUT2D eigenvalue weighted by Crippen LogP contribution is 2.11. The quantitative estimate of drug-likeness (QED) is 0.567. The largest absolute Gasteiger partial charge is 0.481 e. The van der Waals surface area contributed by atoms with E-state index in [-0.39, 0.29) is 12.5 Å². The van der Waals surface area contributed by atoms with Gasteiger partial charge in [0.2, 0.25) is 0 Å². The maximum Gasteiger partial charge on any atom is 0.306 e. The topological polar surface area (TPSA) is 113 Å². The van der Waals surface area contributed by atoms with E-state index >= 15 is 0 Å². The van der Waals surface area contributed by atoms with Gasteiger partial charge >= 0.3 is 5.97 Å². The van der Waals surface area contributed by atoms with E-state index in [0.717, 1.165) is 5.56 Å². The first-order valence-corrected chi connectivity index (χ1v) is 6.36. The fourth-order valence-corrected chi connectivity index (χ4v) is 1.87. The van der Waals surface area contributed by atoms with E-state index in [1.165, 1.54) is 6.92 Å². The molecule has 0 heterocycles. The summed E-state index contributed by atoms with van der Waals surface area (Å²) in [5.41, 5.74) is 5.32. The molecule has 0 radical (unpaired) electrons. The summed E-state index contributed by atoms with van der Waals surface area (Å²) in [5.74, 6) is -1.47. The number of nitrogens with one attached hydrogen (secondary N) is 1. The Morgan fingerprint density at radius 3 is 2.60 bits per heavy atom. The summed E-state index contributed by atoms with van der Waals surface area (Å²) >= 11 is 0. The highest BCUT2D eigenvalue weighted by atomic mass is 16.4. The van der Waals surface area contributed by atoms with Crippen LogP contribution in [-0.2, 0) is 11.2 Å². The number of aliphatic hydroxyl groups is 1. The molecule has 1 rings (SSSR count). The lowest BCUT2D eigenvalue weighted by molar-refractivity contribution is -0.141. The number of carboxylic acid groups (broad SMARTS) is 1. The molecule has 1 amide bonds. The van der Waals surface area contributed by atoms with Crippen molar-refractivity contribution in [2.24, 2.45) is 5.73 Å². The van der Waals surface area contributed by atoms with Crippen molar-refractivity contribution in [3.05, 3.63) is 35.4 Å². The number of aliphatic carboxylic acids is 1. The minimum Gasteiger partial charge on any atom is -0.481 e. The zero-order valence-electron chi connectivity index (χ0n) is 11.4. The van der Waals surface area contributed by atoms with Crippen molar-refractivity contribution in [3.63, 3.8) is 0 Å². The van der Waals surface area contributed by atoms with Gasteiger partial charge in [0.25, 0.3) is 5.91 Å². The third kappa shape index (κ3) is 4.99. The van der Waals surface area contributed by atoms with Crippen molar-refractivity contribution in [3.8, 4) is 0 Å². The van der Waals surface area contributed by atoms with Gasteiger partial charge in [0.05, 0.1) is 12.0 Å². The van der Waals surface area contributed by atoms with Crippen LogP contribution in [0, 0.1) is 0 Å². The molecule has 0 saturated heterocycles. The summed E-state index contributed by atoms with van der Waals surface area (Å²) in [6.07, 6.45) is 0.146. The van der Waals surface area contributed by atoms with Gasteiger partial charge in [-0.2, -0.15) is 0 Å². The predicted molar refractivity (Wildman–Crippen MR) is 74.4 cm³/mol. The van der Waals surface area contributed by atoms with Gasteiger partial charge in [-0.15, -0.1) is 0 Å². The van der Waals surface area contributed by atoms with E-state index in [0.29, 0.717) is 18.5 Å². The molecule has 110 valence electrons. The van der Waals surface area contributed by atoms with Crippen molar-refractivity contribution in [2.45, 2.75) is 25.4 Å². The number of nitrogens with two attached hydrogens (primary N) is 1. The molecule has 1 atom stereocenters. The van der Waals surface area contributed by atoms with E-state index in [1.54, 1.807) is 12.1 Å². The maximum absolute atomic E-state index is 12.1. The van der Waals surface area contributed by atoms with Crippen LogP contribution in [0.5, 0.6) is 0 Å². The van der Waals surface area contributed by atoms with Crippen molar-refractivity contribution >= 4 is 11.9 Å². The third-order valence-electron chi connectivity index (χ3n) is 2.84. The molecule has 20 heavy (non-hydrogen) atoms. The van der Waals surface area contributed by atoms with Gasteiger partial charge in [-0.25, -0.2) is 0 Å². The second kappa shape index (κ2) is 7.02. The minimum atomic E-state index is -1.48. The molecule has 0 aliphatic heterocycles. The standard InChI is InChI=1S/C14H20N2O4/c1-14(20,8-12(17)18)9-16-13(19)11-5-3-2-4-10(11)6-7-15/h2-5,20H,6-9,15H2,1H3,(H,16,19)(H,17,18). The Bertz CT molecular complexity index is 486. The Balaban J connectivity index is 2.70. The Morgan fingerprint density at radius 2 is 2.00 bits per heavy atom. The number of benzene rings is 1. The Hall–Kier alpha value is -1.92. The first-order chi connectivity index (χ1) is 9.35. The summed E-state index contributed by atoms with van der Waals surface area (Å²) < 4.78 is 0. The molecule has 0 spiro atoms. The van der Waals surface area contributed by atoms with E-state index in [2.05, 4.69) is 5.32 Å². The van der Waals surface area contributed by atoms with E-state index in [4.69, 9.17) is 10.8 Å². The Labute approximate surface area is 117 Å². The zero-order chi connectivity index (χ0) is 15.2. The number of rotatable bonds is 7. The van der Waals surface area contributed by atoms with Crippen molar-refractivity contribution in [1.82, 2.24) is 5.32 Å². The van der Waals surface area contributed by atoms with Crippen molar-refractivity contribution in [1.29, 1.82) is 0 Å². The normalized spacial score (nSPS) is 13.6. The first-order valence-electron chi connectivity index (χ1n) is 6.36. The highest BCUT2D eigenvalue weighted by Gasteiger charge is 2.25. The van der Waals surface area contributed by atoms with Gasteiger partial charge in [-0.1, -0.05) is 18.2 Å². The van der Waals surface area contributed by atoms with Crippen LogP contribution in [0.1, 0.15) is 29.3 Å². The number of hydrogen-bond donors (Lipinski definition) is 4. The molecule has 0 aromatic heterocycles. The second-order valence-corrected chi connectivity index (χ2v) is 4.95. The lowest BCUT2D eigenvalue weighted by atomic mass is 10.0. The second-order valence-electron chi connectivity index (χ2n) is 4.95. The van der Waals surface area contributed by atoms with Gasteiger partial charge in [-0.3, -0.25) is 9.59 Å². The van der Waals surface area contributed by atoms with Gasteiger partial charge in [-0.05, 0) is 31.5 Å². The highest BCUT2D eigenvalue weighted by molar-refractivity contribution is 5.95. The third-order valence-corrected chi connectivity index (χ3v) is 2.84. The number of carboxylic acids is 1. The number of amides is 1. The lowest BCUT2D eigenvalue weighted by Gasteiger charge is -2.21. The van der Waals surface area contributed by atoms with Crippen molar-refractivity contribution < 1.29 is 19.8 Å². The summed E-state index contributed by atoms with van der Waals surface area (Å²) in [6, 6.07) is 7.05. The molecule has 6 nitrogen and oxygen atoms in total. The molecule has 6 heteroatoms. The summed E-state index contributed by atoms with van der Waals surface area (Å²) in [7, 11) is 0. The monoisotopic (exact) mass is 280 g/mol. The molecule has 0 bridgehead atoms. The average Bonchev–Trinajstić information content (AvgIpc) is 2.36. The Morgan fingerprint density at radius 1 is 1.35 bits per heavy atom. The minimum absolute atomic E-state index is 0.130. The summed E-state index contributed by atoms with van der Waals surface area (Å²) in [4.78, 5) is 22.6. The van der Waals surface area contributed by atoms with Gasteiger partial charge in [0, 0.05) is 12.1 Å². The van der Waals surface area contributed by atoms with Crippen molar-refractivity contribution in [2.75, 3.05) is 13.1 Å². The van der Waals surface area contributed by atoms with E-state index in [9.17, 15) is 14.7 Å². The molecule has 0 aliphatic carbocycles. The molecular formula is C14H20N2O4. The molecule has 0 fully saturated rings. The SMILES string of the molecule is CC(O)(CNC(=O)c1ccccc1CCN)CC(=O)O. The first kappa shape index (κ1) is 16.1. The van der Waals surface area contributed by atoms with Crippen LogP contribution >= 0.6 is 0 Å². The number of carbonyl (C=O) groups excluding carboxylic acids is 1. The predicted octanol–water partition coefficient (Wildman–Crippen LogP) is 0.143. The fourth-order valence-electron chi connectivity index (χ4n) is 1.87. The van der Waals surface area contributed by atoms with E-state index in [1.807, 2.05) is 12.1 Å². The van der Waals surface area contributed by atoms with Crippen LogP contribution in [0.25, 0.3) is 0 Å². The van der Waals surface area contributed by atoms with Crippen LogP contribution in [-0.4, -0.2) is 40.8 Å². The molecular weight excluding hydrogens is 260 g/mol. The zero-order valence-corrected chi connectivity index (χ0v) is 11.4. The molecule has 1 unspecified atom stereocenters. The van der Waals surface area contributed by atoms with Crippen LogP contribution in [0.2, 0.25) is 0 Å². The molecule has 0 saturated carbocycles. The van der Waals surface area contributed by atoms with Gasteiger partial charge in [0.1, 0.15) is 0 Å². The molecule has 0 aliphatic rings. The molecule has 1 aromatic rings. The average molecular weight is 280 g/mol. The summed E-state index contributed by atoms with van der Waals surface area (Å²) in [6.45, 7) is 1.67. The van der Waals surface area contributed by atoms with Crippen LogP contribution in [0.3, 0.4) is 0 Å². The lowest BCUT2D eigenvalue weighted by Crippen LogP contribution is -2.42. The fraction of sp³-hybridized carbons (Fsp3) is 0.429. The van der Waals surface area contributed by atoms with Crippen LogP contribution in [0.4, 0.5) is 0 Å². The molecule has 5 N–H and O–H groups in total. The van der Waals surface area contributed by atoms with Crippen LogP contribution in [0.15, 0.2) is 24.3 Å². The van der Waals surface area contributed by atoms with E-state index < -0.39 is 18.0 Å². The summed E-state index contributed by atoms with van der Waals surface area (Å²) in [5, 5.41) is 21.0. The smallest absolute Gasteiger partial charge is 0.306 e. The number of hydrogen-bond acceptors (Lipinski definition) is 4.